The highest BCUT2D eigenvalue weighted by Gasteiger charge is 2.09. The van der Waals surface area contributed by atoms with Crippen molar-refractivity contribution in [2.45, 2.75) is 6.92 Å². The lowest BCUT2D eigenvalue weighted by molar-refractivity contribution is 0.102. The van der Waals surface area contributed by atoms with Crippen LogP contribution in [0.25, 0.3) is 10.8 Å². The Balaban J connectivity index is 1.72. The van der Waals surface area contributed by atoms with Crippen LogP contribution in [-0.2, 0) is 4.74 Å². The second kappa shape index (κ2) is 8.31. The van der Waals surface area contributed by atoms with Crippen molar-refractivity contribution < 1.29 is 14.3 Å². The zero-order valence-corrected chi connectivity index (χ0v) is 14.2. The number of amides is 1. The lowest BCUT2D eigenvalue weighted by Gasteiger charge is -2.10. The molecular formula is C21H21NO3. The Morgan fingerprint density at radius 2 is 1.76 bits per heavy atom. The molecule has 0 unspecified atom stereocenters. The van der Waals surface area contributed by atoms with Gasteiger partial charge in [0.15, 0.2) is 0 Å². The predicted octanol–water partition coefficient (Wildman–Crippen LogP) is 4.51. The number of nitrogens with one attached hydrogen (secondary N) is 1. The summed E-state index contributed by atoms with van der Waals surface area (Å²) in [6.07, 6.45) is 0. The monoisotopic (exact) mass is 335 g/mol. The van der Waals surface area contributed by atoms with Crippen molar-refractivity contribution in [2.75, 3.05) is 25.1 Å². The fourth-order valence-electron chi connectivity index (χ4n) is 2.62. The number of carbonyl (C=O) groups is 1. The van der Waals surface area contributed by atoms with Crippen LogP contribution in [0.3, 0.4) is 0 Å². The first-order chi connectivity index (χ1) is 12.3. The summed E-state index contributed by atoms with van der Waals surface area (Å²) < 4.78 is 10.9. The van der Waals surface area contributed by atoms with Gasteiger partial charge >= 0.3 is 0 Å². The van der Waals surface area contributed by atoms with Crippen LogP contribution in [0.1, 0.15) is 17.3 Å². The largest absolute Gasteiger partial charge is 0.491 e. The highest BCUT2D eigenvalue weighted by molar-refractivity contribution is 6.09. The highest BCUT2D eigenvalue weighted by Crippen LogP contribution is 2.24. The standard InChI is InChI=1S/C21H21NO3/c1-2-24-13-14-25-18-10-5-9-17(15-18)21(23)22-20-12-6-8-16-7-3-4-11-19(16)20/h3-12,15H,2,13-14H2,1H3,(H,22,23). The van der Waals surface area contributed by atoms with Crippen LogP contribution in [0, 0.1) is 0 Å². The molecule has 0 heterocycles. The fourth-order valence-corrected chi connectivity index (χ4v) is 2.62. The second-order valence-electron chi connectivity index (χ2n) is 5.55. The topological polar surface area (TPSA) is 47.6 Å². The van der Waals surface area contributed by atoms with Crippen LogP contribution < -0.4 is 10.1 Å². The maximum Gasteiger partial charge on any atom is 0.255 e. The van der Waals surface area contributed by atoms with Gasteiger partial charge in [-0.15, -0.1) is 0 Å². The molecule has 3 rings (SSSR count). The van der Waals surface area contributed by atoms with Crippen LogP contribution in [0.4, 0.5) is 5.69 Å². The molecular weight excluding hydrogens is 314 g/mol. The molecule has 0 aliphatic carbocycles. The van der Waals surface area contributed by atoms with Gasteiger partial charge in [-0.25, -0.2) is 0 Å². The Morgan fingerprint density at radius 3 is 2.64 bits per heavy atom. The van der Waals surface area contributed by atoms with E-state index in [1.807, 2.05) is 61.5 Å². The van der Waals surface area contributed by atoms with Crippen molar-refractivity contribution in [2.24, 2.45) is 0 Å². The number of ether oxygens (including phenoxy) is 2. The summed E-state index contributed by atoms with van der Waals surface area (Å²) >= 11 is 0. The Kier molecular flexibility index (Phi) is 5.65. The molecule has 0 aliphatic heterocycles. The van der Waals surface area contributed by atoms with Crippen LogP contribution in [0.15, 0.2) is 66.7 Å². The average Bonchev–Trinajstić information content (AvgIpc) is 2.66. The molecule has 0 radical (unpaired) electrons. The lowest BCUT2D eigenvalue weighted by atomic mass is 10.1. The summed E-state index contributed by atoms with van der Waals surface area (Å²) in [5, 5.41) is 5.09. The minimum atomic E-state index is -0.161. The van der Waals surface area contributed by atoms with Crippen molar-refractivity contribution >= 4 is 22.4 Å². The number of benzene rings is 3. The SMILES string of the molecule is CCOCCOc1cccc(C(=O)Nc2cccc3ccccc23)c1. The normalized spacial score (nSPS) is 10.6. The number of hydrogen-bond donors (Lipinski definition) is 1. The van der Waals surface area contributed by atoms with Gasteiger partial charge in [0.1, 0.15) is 12.4 Å². The molecule has 0 atom stereocenters. The van der Waals surface area contributed by atoms with Gasteiger partial charge in [0.25, 0.3) is 5.91 Å². The van der Waals surface area contributed by atoms with Gasteiger partial charge in [0, 0.05) is 23.2 Å². The smallest absolute Gasteiger partial charge is 0.255 e. The second-order valence-corrected chi connectivity index (χ2v) is 5.55. The van der Waals surface area contributed by atoms with Gasteiger partial charge in [-0.1, -0.05) is 42.5 Å². The fraction of sp³-hybridized carbons (Fsp3) is 0.190. The van der Waals surface area contributed by atoms with Gasteiger partial charge in [0.2, 0.25) is 0 Å². The summed E-state index contributed by atoms with van der Waals surface area (Å²) in [6.45, 7) is 3.60. The Labute approximate surface area is 147 Å². The number of carbonyl (C=O) groups excluding carboxylic acids is 1. The quantitative estimate of drug-likeness (QED) is 0.646. The molecule has 0 aromatic heterocycles. The van der Waals surface area contributed by atoms with Crippen LogP contribution in [-0.4, -0.2) is 25.7 Å². The third-order valence-corrected chi connectivity index (χ3v) is 3.83. The van der Waals surface area contributed by atoms with E-state index in [2.05, 4.69) is 5.32 Å². The summed E-state index contributed by atoms with van der Waals surface area (Å²) in [6, 6.07) is 21.0. The molecule has 1 amide bonds. The van der Waals surface area contributed by atoms with E-state index in [0.717, 1.165) is 16.5 Å². The molecule has 0 aliphatic rings. The number of rotatable bonds is 7. The molecule has 3 aromatic rings. The van der Waals surface area contributed by atoms with E-state index in [4.69, 9.17) is 9.47 Å². The third-order valence-electron chi connectivity index (χ3n) is 3.83. The molecule has 0 fully saturated rings. The van der Waals surface area contributed by atoms with Crippen LogP contribution in [0.2, 0.25) is 0 Å². The third kappa shape index (κ3) is 4.37. The highest BCUT2D eigenvalue weighted by atomic mass is 16.5. The summed E-state index contributed by atoms with van der Waals surface area (Å²) in [5.41, 5.74) is 1.35. The molecule has 0 spiro atoms. The van der Waals surface area contributed by atoms with E-state index in [9.17, 15) is 4.79 Å². The zero-order chi connectivity index (χ0) is 17.5. The summed E-state index contributed by atoms with van der Waals surface area (Å²) in [4.78, 5) is 12.6. The average molecular weight is 335 g/mol. The molecule has 1 N–H and O–H groups in total. The van der Waals surface area contributed by atoms with Crippen molar-refractivity contribution in [3.8, 4) is 5.75 Å². The first-order valence-electron chi connectivity index (χ1n) is 8.37. The minimum absolute atomic E-state index is 0.161. The molecule has 0 saturated heterocycles. The van der Waals surface area contributed by atoms with Gasteiger partial charge in [-0.2, -0.15) is 0 Å². The van der Waals surface area contributed by atoms with Gasteiger partial charge in [-0.3, -0.25) is 4.79 Å². The van der Waals surface area contributed by atoms with E-state index in [1.165, 1.54) is 0 Å². The molecule has 0 saturated carbocycles. The van der Waals surface area contributed by atoms with E-state index in [1.54, 1.807) is 12.1 Å². The lowest BCUT2D eigenvalue weighted by Crippen LogP contribution is -2.12. The Hall–Kier alpha value is -2.85. The molecule has 3 aromatic carbocycles. The van der Waals surface area contributed by atoms with E-state index in [0.29, 0.717) is 31.1 Å². The van der Waals surface area contributed by atoms with Crippen molar-refractivity contribution in [3.05, 3.63) is 72.3 Å². The Morgan fingerprint density at radius 1 is 0.960 bits per heavy atom. The first kappa shape index (κ1) is 17.0. The van der Waals surface area contributed by atoms with Gasteiger partial charge < -0.3 is 14.8 Å². The predicted molar refractivity (Wildman–Crippen MR) is 100 cm³/mol. The minimum Gasteiger partial charge on any atom is -0.491 e. The van der Waals surface area contributed by atoms with E-state index < -0.39 is 0 Å². The molecule has 4 nitrogen and oxygen atoms in total. The van der Waals surface area contributed by atoms with E-state index in [-0.39, 0.29) is 5.91 Å². The van der Waals surface area contributed by atoms with Crippen molar-refractivity contribution in [3.63, 3.8) is 0 Å². The van der Waals surface area contributed by atoms with Crippen molar-refractivity contribution in [1.82, 2.24) is 0 Å². The van der Waals surface area contributed by atoms with Gasteiger partial charge in [-0.05, 0) is 36.6 Å². The molecule has 4 heteroatoms. The molecule has 25 heavy (non-hydrogen) atoms. The Bertz CT molecular complexity index is 855. The summed E-state index contributed by atoms with van der Waals surface area (Å²) in [7, 11) is 0. The number of hydrogen-bond acceptors (Lipinski definition) is 3. The van der Waals surface area contributed by atoms with Crippen LogP contribution >= 0.6 is 0 Å². The first-order valence-corrected chi connectivity index (χ1v) is 8.37. The number of anilines is 1. The van der Waals surface area contributed by atoms with Crippen molar-refractivity contribution in [1.29, 1.82) is 0 Å². The maximum atomic E-state index is 12.6. The summed E-state index contributed by atoms with van der Waals surface area (Å²) in [5.74, 6) is 0.497. The van der Waals surface area contributed by atoms with Gasteiger partial charge in [0.05, 0.1) is 6.61 Å². The van der Waals surface area contributed by atoms with Crippen LogP contribution in [0.5, 0.6) is 5.75 Å². The molecule has 0 bridgehead atoms. The maximum absolute atomic E-state index is 12.6. The van der Waals surface area contributed by atoms with E-state index >= 15 is 0 Å². The number of fused-ring (bicyclic) bond motifs is 1. The zero-order valence-electron chi connectivity index (χ0n) is 14.2. The molecule has 128 valence electrons.